The molecule has 48 heavy (non-hydrogen) atoms. The van der Waals surface area contributed by atoms with Crippen LogP contribution in [-0.2, 0) is 0 Å². The maximum atomic E-state index is 6.40. The van der Waals surface area contributed by atoms with Gasteiger partial charge >= 0.3 is 0 Å². The molecule has 0 spiro atoms. The van der Waals surface area contributed by atoms with Gasteiger partial charge in [0.2, 0.25) is 0 Å². The molecule has 0 unspecified atom stereocenters. The fourth-order valence-electron chi connectivity index (χ4n) is 7.53. The minimum Gasteiger partial charge on any atom is -0.455 e. The lowest BCUT2D eigenvalue weighted by Gasteiger charge is -2.19. The lowest BCUT2D eigenvalue weighted by atomic mass is 9.84. The van der Waals surface area contributed by atoms with E-state index in [9.17, 15) is 0 Å². The highest BCUT2D eigenvalue weighted by Gasteiger charge is 2.19. The molecule has 0 fully saturated rings. The molecule has 1 nitrogen and oxygen atoms in total. The molecule has 0 radical (unpaired) electrons. The Morgan fingerprint density at radius 2 is 1.00 bits per heavy atom. The van der Waals surface area contributed by atoms with Crippen molar-refractivity contribution in [1.29, 1.82) is 0 Å². The normalized spacial score (nSPS) is 11.5. The lowest BCUT2D eigenvalue weighted by molar-refractivity contribution is 0.630. The van der Waals surface area contributed by atoms with Crippen molar-refractivity contribution in [3.63, 3.8) is 0 Å². The molecule has 0 saturated carbocycles. The van der Waals surface area contributed by atoms with Crippen LogP contribution >= 0.6 is 0 Å². The molecule has 8 aromatic carbocycles. The first-order valence-electron chi connectivity index (χ1n) is 16.5. The van der Waals surface area contributed by atoms with Crippen molar-refractivity contribution >= 4 is 49.4 Å². The zero-order valence-corrected chi connectivity index (χ0v) is 26.7. The molecule has 1 aromatic heterocycles. The van der Waals surface area contributed by atoms with E-state index < -0.39 is 0 Å². The lowest BCUT2D eigenvalue weighted by Crippen LogP contribution is -1.91. The Morgan fingerprint density at radius 1 is 0.458 bits per heavy atom. The zero-order chi connectivity index (χ0) is 32.2. The largest absolute Gasteiger partial charge is 0.455 e. The van der Waals surface area contributed by atoms with E-state index >= 15 is 0 Å². The summed E-state index contributed by atoms with van der Waals surface area (Å²) in [6.07, 6.45) is 1.92. The van der Waals surface area contributed by atoms with Crippen LogP contribution in [-0.4, -0.2) is 0 Å². The van der Waals surface area contributed by atoms with Gasteiger partial charge in [-0.2, -0.15) is 0 Å². The average molecular weight is 613 g/mol. The van der Waals surface area contributed by atoms with Gasteiger partial charge in [0.1, 0.15) is 11.3 Å². The van der Waals surface area contributed by atoms with Gasteiger partial charge < -0.3 is 4.42 Å². The summed E-state index contributed by atoms with van der Waals surface area (Å²) in [5, 5.41) is 8.63. The van der Waals surface area contributed by atoms with Crippen LogP contribution in [0.3, 0.4) is 0 Å². The number of hydrogen-bond acceptors (Lipinski definition) is 1. The average Bonchev–Trinajstić information content (AvgIpc) is 3.51. The monoisotopic (exact) mass is 612 g/mol. The van der Waals surface area contributed by atoms with E-state index in [4.69, 9.17) is 4.42 Å². The second-order valence-corrected chi connectivity index (χ2v) is 12.5. The van der Waals surface area contributed by atoms with Crippen LogP contribution in [0.15, 0.2) is 169 Å². The first-order chi connectivity index (χ1) is 23.7. The summed E-state index contributed by atoms with van der Waals surface area (Å²) in [4.78, 5) is 0. The van der Waals surface area contributed by atoms with Gasteiger partial charge in [0.15, 0.2) is 0 Å². The van der Waals surface area contributed by atoms with E-state index in [1.54, 1.807) is 0 Å². The van der Waals surface area contributed by atoms with Crippen molar-refractivity contribution in [3.05, 3.63) is 175 Å². The first-order valence-corrected chi connectivity index (χ1v) is 16.5. The predicted molar refractivity (Wildman–Crippen MR) is 205 cm³/mol. The van der Waals surface area contributed by atoms with E-state index in [0.717, 1.165) is 39.0 Å². The minimum atomic E-state index is 0.868. The molecule has 0 N–H and O–H groups in total. The van der Waals surface area contributed by atoms with Crippen LogP contribution in [0, 0.1) is 6.92 Å². The molecule has 0 aliphatic heterocycles. The molecular weight excluding hydrogens is 581 g/mol. The molecule has 1 heterocycles. The van der Waals surface area contributed by atoms with Crippen LogP contribution in [0.5, 0.6) is 0 Å². The van der Waals surface area contributed by atoms with E-state index in [1.807, 2.05) is 6.08 Å². The topological polar surface area (TPSA) is 13.1 Å². The van der Waals surface area contributed by atoms with Gasteiger partial charge in [-0.25, -0.2) is 0 Å². The van der Waals surface area contributed by atoms with Gasteiger partial charge in [0, 0.05) is 16.5 Å². The number of fused-ring (bicyclic) bond motifs is 4. The highest BCUT2D eigenvalue weighted by molar-refractivity contribution is 6.23. The Hall–Kier alpha value is -6.18. The number of rotatable bonds is 5. The van der Waals surface area contributed by atoms with Crippen LogP contribution in [0.2, 0.25) is 0 Å². The van der Waals surface area contributed by atoms with Crippen molar-refractivity contribution in [1.82, 2.24) is 0 Å². The zero-order valence-electron chi connectivity index (χ0n) is 26.7. The van der Waals surface area contributed by atoms with Crippen LogP contribution in [0.1, 0.15) is 11.1 Å². The SMILES string of the molecule is C=Cc1c(-c2ccccc2C)oc2ccc(-c3ccc(-c4c5ccccc5c(-c5cccc6ccccc56)c5ccccc45)cc3)cc12. The molecule has 0 aliphatic carbocycles. The van der Waals surface area contributed by atoms with E-state index in [2.05, 4.69) is 171 Å². The molecule has 0 atom stereocenters. The summed E-state index contributed by atoms with van der Waals surface area (Å²) in [6.45, 7) is 6.26. The Morgan fingerprint density at radius 3 is 1.69 bits per heavy atom. The van der Waals surface area contributed by atoms with Crippen molar-refractivity contribution in [2.75, 3.05) is 0 Å². The smallest absolute Gasteiger partial charge is 0.142 e. The van der Waals surface area contributed by atoms with Crippen molar-refractivity contribution in [2.24, 2.45) is 0 Å². The fraction of sp³-hybridized carbons (Fsp3) is 0.0213. The Kier molecular flexibility index (Phi) is 6.59. The first kappa shape index (κ1) is 28.1. The van der Waals surface area contributed by atoms with Gasteiger partial charge in [-0.1, -0.05) is 158 Å². The quantitative estimate of drug-likeness (QED) is 0.176. The summed E-state index contributed by atoms with van der Waals surface area (Å²) >= 11 is 0. The van der Waals surface area contributed by atoms with Crippen LogP contribution in [0.4, 0.5) is 0 Å². The molecule has 0 bridgehead atoms. The summed E-state index contributed by atoms with van der Waals surface area (Å²) < 4.78 is 6.40. The number of benzene rings is 8. The summed E-state index contributed by atoms with van der Waals surface area (Å²) in [6, 6.07) is 56.9. The van der Waals surface area contributed by atoms with Crippen molar-refractivity contribution in [3.8, 4) is 44.7 Å². The molecule has 0 amide bonds. The highest BCUT2D eigenvalue weighted by Crippen LogP contribution is 2.45. The third kappa shape index (κ3) is 4.40. The molecule has 1 heteroatoms. The second-order valence-electron chi connectivity index (χ2n) is 12.5. The van der Waals surface area contributed by atoms with Crippen LogP contribution in [0.25, 0.3) is 94.1 Å². The minimum absolute atomic E-state index is 0.868. The number of aryl methyl sites for hydroxylation is 1. The summed E-state index contributed by atoms with van der Waals surface area (Å²) in [5.74, 6) is 0.872. The van der Waals surface area contributed by atoms with Gasteiger partial charge in [-0.15, -0.1) is 0 Å². The fourth-order valence-corrected chi connectivity index (χ4v) is 7.53. The predicted octanol–water partition coefficient (Wildman–Crippen LogP) is 13.5. The third-order valence-electron chi connectivity index (χ3n) is 9.82. The molecular formula is C47H32O. The standard InChI is InChI=1S/C47H32O/c1-3-35-43-29-34(27-28-44(43)48-47(35)36-16-6-4-13-30(36)2)31-23-25-33(26-24-31)45-39-18-8-10-20-41(39)46(42-21-11-9-19-40(42)45)38-22-12-15-32-14-5-7-17-37(32)38/h3-29H,1H2,2H3. The number of furan rings is 1. The molecule has 9 rings (SSSR count). The highest BCUT2D eigenvalue weighted by atomic mass is 16.3. The maximum absolute atomic E-state index is 6.40. The Labute approximate surface area is 280 Å². The van der Waals surface area contributed by atoms with Gasteiger partial charge in [0.05, 0.1) is 0 Å². The Bertz CT molecular complexity index is 2630. The van der Waals surface area contributed by atoms with E-state index in [1.165, 1.54) is 60.1 Å². The van der Waals surface area contributed by atoms with E-state index in [0.29, 0.717) is 0 Å². The van der Waals surface area contributed by atoms with Gasteiger partial charge in [0.25, 0.3) is 0 Å². The second kappa shape index (κ2) is 11.3. The summed E-state index contributed by atoms with van der Waals surface area (Å²) in [5.41, 5.74) is 11.5. The summed E-state index contributed by atoms with van der Waals surface area (Å²) in [7, 11) is 0. The van der Waals surface area contributed by atoms with Crippen molar-refractivity contribution < 1.29 is 4.42 Å². The third-order valence-corrected chi connectivity index (χ3v) is 9.82. The Balaban J connectivity index is 1.20. The molecule has 9 aromatic rings. The van der Waals surface area contributed by atoms with E-state index in [-0.39, 0.29) is 0 Å². The molecule has 226 valence electrons. The maximum Gasteiger partial charge on any atom is 0.142 e. The van der Waals surface area contributed by atoms with Crippen LogP contribution < -0.4 is 0 Å². The number of hydrogen-bond donors (Lipinski definition) is 0. The van der Waals surface area contributed by atoms with Crippen molar-refractivity contribution in [2.45, 2.75) is 6.92 Å². The van der Waals surface area contributed by atoms with Gasteiger partial charge in [-0.05, 0) is 90.3 Å². The molecule has 0 saturated heterocycles. The molecule has 0 aliphatic rings. The van der Waals surface area contributed by atoms with Gasteiger partial charge in [-0.3, -0.25) is 0 Å².